The smallest absolute Gasteiger partial charge is 0.346 e. The largest absolute Gasteiger partial charge is 0.405 e. The fourth-order valence-corrected chi connectivity index (χ4v) is 1.98. The van der Waals surface area contributed by atoms with Crippen LogP contribution in [0.1, 0.15) is 12.5 Å². The van der Waals surface area contributed by atoms with Crippen molar-refractivity contribution in [1.29, 1.82) is 0 Å². The Labute approximate surface area is 124 Å². The van der Waals surface area contributed by atoms with E-state index in [0.717, 1.165) is 10.0 Å². The zero-order valence-corrected chi connectivity index (χ0v) is 12.8. The van der Waals surface area contributed by atoms with Crippen LogP contribution in [0.2, 0.25) is 0 Å². The van der Waals surface area contributed by atoms with Crippen LogP contribution in [-0.2, 0) is 11.3 Å². The standard InChI is InChI=1S/C13H16BrF3N2O/c1-9(12(20)18-8-13(15,16)17)19(2)7-10-5-3-4-6-11(10)14/h3-6,9H,7-8H2,1-2H3,(H,18,20). The molecule has 0 saturated carbocycles. The van der Waals surface area contributed by atoms with Crippen LogP contribution in [0.3, 0.4) is 0 Å². The van der Waals surface area contributed by atoms with Crippen molar-refractivity contribution in [2.75, 3.05) is 13.6 Å². The predicted molar refractivity (Wildman–Crippen MR) is 74.1 cm³/mol. The van der Waals surface area contributed by atoms with E-state index >= 15 is 0 Å². The van der Waals surface area contributed by atoms with E-state index in [1.54, 1.807) is 18.9 Å². The van der Waals surface area contributed by atoms with Crippen molar-refractivity contribution < 1.29 is 18.0 Å². The number of nitrogens with one attached hydrogen (secondary N) is 1. The Morgan fingerprint density at radius 3 is 2.55 bits per heavy atom. The molecule has 0 aliphatic carbocycles. The monoisotopic (exact) mass is 352 g/mol. The third-order valence-corrected chi connectivity index (χ3v) is 3.65. The van der Waals surface area contributed by atoms with Crippen LogP contribution in [0.15, 0.2) is 28.7 Å². The van der Waals surface area contributed by atoms with Crippen molar-refractivity contribution in [2.45, 2.75) is 25.7 Å². The zero-order chi connectivity index (χ0) is 15.3. The molecule has 1 aromatic carbocycles. The van der Waals surface area contributed by atoms with Crippen molar-refractivity contribution in [1.82, 2.24) is 10.2 Å². The summed E-state index contributed by atoms with van der Waals surface area (Å²) in [6.45, 7) is 0.726. The number of benzene rings is 1. The minimum absolute atomic E-state index is 0.460. The third kappa shape index (κ3) is 5.50. The maximum atomic E-state index is 12.0. The number of amides is 1. The molecule has 1 unspecified atom stereocenters. The molecule has 0 heterocycles. The Morgan fingerprint density at radius 2 is 2.00 bits per heavy atom. The Hall–Kier alpha value is -1.08. The molecule has 0 radical (unpaired) electrons. The van der Waals surface area contributed by atoms with E-state index in [0.29, 0.717) is 6.54 Å². The van der Waals surface area contributed by atoms with E-state index in [2.05, 4.69) is 15.9 Å². The fourth-order valence-electron chi connectivity index (χ4n) is 1.57. The lowest BCUT2D eigenvalue weighted by Crippen LogP contribution is -2.45. The van der Waals surface area contributed by atoms with Crippen molar-refractivity contribution >= 4 is 21.8 Å². The van der Waals surface area contributed by atoms with Crippen LogP contribution in [0, 0.1) is 0 Å². The quantitative estimate of drug-likeness (QED) is 0.883. The van der Waals surface area contributed by atoms with Gasteiger partial charge in [-0.2, -0.15) is 13.2 Å². The molecule has 20 heavy (non-hydrogen) atoms. The van der Waals surface area contributed by atoms with Gasteiger partial charge < -0.3 is 5.32 Å². The molecule has 0 fully saturated rings. The van der Waals surface area contributed by atoms with Gasteiger partial charge in [0.2, 0.25) is 5.91 Å². The highest BCUT2D eigenvalue weighted by Crippen LogP contribution is 2.18. The van der Waals surface area contributed by atoms with Crippen molar-refractivity contribution in [3.8, 4) is 0 Å². The summed E-state index contributed by atoms with van der Waals surface area (Å²) in [4.78, 5) is 13.3. The molecule has 1 aromatic rings. The highest BCUT2D eigenvalue weighted by Gasteiger charge is 2.29. The highest BCUT2D eigenvalue weighted by molar-refractivity contribution is 9.10. The van der Waals surface area contributed by atoms with Crippen LogP contribution in [0.25, 0.3) is 0 Å². The second-order valence-corrected chi connectivity index (χ2v) is 5.37. The molecule has 1 rings (SSSR count). The van der Waals surface area contributed by atoms with Gasteiger partial charge in [0.1, 0.15) is 6.54 Å². The normalized spacial score (nSPS) is 13.3. The molecule has 0 aliphatic heterocycles. The number of nitrogens with zero attached hydrogens (tertiary/aromatic N) is 1. The molecule has 7 heteroatoms. The van der Waals surface area contributed by atoms with Gasteiger partial charge in [-0.15, -0.1) is 0 Å². The van der Waals surface area contributed by atoms with Crippen LogP contribution < -0.4 is 5.32 Å². The number of likely N-dealkylation sites (N-methyl/N-ethyl adjacent to an activating group) is 1. The Bertz CT molecular complexity index is 465. The summed E-state index contributed by atoms with van der Waals surface area (Å²) in [6.07, 6.45) is -4.39. The summed E-state index contributed by atoms with van der Waals surface area (Å²) in [7, 11) is 1.69. The van der Waals surface area contributed by atoms with Crippen molar-refractivity contribution in [3.05, 3.63) is 34.3 Å². The number of carbonyl (C=O) groups is 1. The van der Waals surface area contributed by atoms with Gasteiger partial charge >= 0.3 is 6.18 Å². The van der Waals surface area contributed by atoms with Gasteiger partial charge in [0.25, 0.3) is 0 Å². The first kappa shape index (κ1) is 17.0. The molecule has 1 amide bonds. The van der Waals surface area contributed by atoms with Gasteiger partial charge in [-0.05, 0) is 25.6 Å². The van der Waals surface area contributed by atoms with Gasteiger partial charge in [-0.1, -0.05) is 34.1 Å². The Kier molecular flexibility index (Phi) is 6.01. The highest BCUT2D eigenvalue weighted by atomic mass is 79.9. The van der Waals surface area contributed by atoms with Gasteiger partial charge in [-0.25, -0.2) is 0 Å². The van der Waals surface area contributed by atoms with Gasteiger partial charge in [-0.3, -0.25) is 9.69 Å². The van der Waals surface area contributed by atoms with Gasteiger partial charge in [0.05, 0.1) is 6.04 Å². The molecule has 0 saturated heterocycles. The molecule has 0 bridgehead atoms. The van der Waals surface area contributed by atoms with Crippen LogP contribution >= 0.6 is 15.9 Å². The lowest BCUT2D eigenvalue weighted by molar-refractivity contribution is -0.141. The minimum Gasteiger partial charge on any atom is -0.346 e. The number of hydrogen-bond acceptors (Lipinski definition) is 2. The summed E-state index contributed by atoms with van der Waals surface area (Å²) >= 11 is 3.39. The van der Waals surface area contributed by atoms with Gasteiger partial charge in [0.15, 0.2) is 0 Å². The number of rotatable bonds is 5. The molecule has 3 nitrogen and oxygen atoms in total. The molecule has 0 aliphatic rings. The number of halogens is 4. The molecule has 0 spiro atoms. The lowest BCUT2D eigenvalue weighted by Gasteiger charge is -2.24. The summed E-state index contributed by atoms with van der Waals surface area (Å²) in [5, 5.41) is 1.89. The van der Waals surface area contributed by atoms with E-state index < -0.39 is 24.7 Å². The number of carbonyl (C=O) groups excluding carboxylic acids is 1. The average Bonchev–Trinajstić information content (AvgIpc) is 2.36. The molecular formula is C13H16BrF3N2O. The van der Waals surface area contributed by atoms with E-state index in [1.807, 2.05) is 29.6 Å². The number of alkyl halides is 3. The summed E-state index contributed by atoms with van der Waals surface area (Å²) in [6, 6.07) is 6.85. The third-order valence-electron chi connectivity index (χ3n) is 2.88. The van der Waals surface area contributed by atoms with E-state index in [9.17, 15) is 18.0 Å². The fraction of sp³-hybridized carbons (Fsp3) is 0.462. The summed E-state index contributed by atoms with van der Waals surface area (Å²) in [5.74, 6) is -0.642. The predicted octanol–water partition coefficient (Wildman–Crippen LogP) is 2.95. The SMILES string of the molecule is CC(C(=O)NCC(F)(F)F)N(C)Cc1ccccc1Br. The van der Waals surface area contributed by atoms with Crippen molar-refractivity contribution in [2.24, 2.45) is 0 Å². The maximum Gasteiger partial charge on any atom is 0.405 e. The maximum absolute atomic E-state index is 12.0. The first-order chi connectivity index (χ1) is 9.20. The van der Waals surface area contributed by atoms with Crippen LogP contribution in [-0.4, -0.2) is 36.6 Å². The lowest BCUT2D eigenvalue weighted by atomic mass is 10.2. The van der Waals surface area contributed by atoms with E-state index in [1.165, 1.54) is 0 Å². The molecule has 1 N–H and O–H groups in total. The molecule has 1 atom stereocenters. The Morgan fingerprint density at radius 1 is 1.40 bits per heavy atom. The zero-order valence-electron chi connectivity index (χ0n) is 11.2. The van der Waals surface area contributed by atoms with E-state index in [-0.39, 0.29) is 0 Å². The number of hydrogen-bond donors (Lipinski definition) is 1. The molecule has 112 valence electrons. The minimum atomic E-state index is -4.39. The molecular weight excluding hydrogens is 337 g/mol. The summed E-state index contributed by atoms with van der Waals surface area (Å²) in [5.41, 5.74) is 0.963. The average molecular weight is 353 g/mol. The van der Waals surface area contributed by atoms with Crippen LogP contribution in [0.5, 0.6) is 0 Å². The molecule has 0 aromatic heterocycles. The second kappa shape index (κ2) is 7.08. The van der Waals surface area contributed by atoms with Crippen molar-refractivity contribution in [3.63, 3.8) is 0 Å². The van der Waals surface area contributed by atoms with Crippen LogP contribution in [0.4, 0.5) is 13.2 Å². The second-order valence-electron chi connectivity index (χ2n) is 4.52. The van der Waals surface area contributed by atoms with Gasteiger partial charge in [0, 0.05) is 11.0 Å². The Balaban J connectivity index is 2.56. The first-order valence-corrected chi connectivity index (χ1v) is 6.78. The first-order valence-electron chi connectivity index (χ1n) is 5.99. The summed E-state index contributed by atoms with van der Waals surface area (Å²) < 4.78 is 37.0. The van der Waals surface area contributed by atoms with E-state index in [4.69, 9.17) is 0 Å². The topological polar surface area (TPSA) is 32.3 Å².